The Balaban J connectivity index is 1.70. The van der Waals surface area contributed by atoms with Gasteiger partial charge in [0.15, 0.2) is 0 Å². The number of halogens is 1. The summed E-state index contributed by atoms with van der Waals surface area (Å²) in [6.45, 7) is 4.71. The maximum atomic E-state index is 13.5. The monoisotopic (exact) mass is 290 g/mol. The van der Waals surface area contributed by atoms with Crippen molar-refractivity contribution in [1.82, 2.24) is 4.90 Å². The number of piperidine rings is 1. The molecule has 1 aromatic carbocycles. The molecule has 1 unspecified atom stereocenters. The van der Waals surface area contributed by atoms with Crippen molar-refractivity contribution in [2.24, 2.45) is 11.1 Å². The Hall–Kier alpha value is -0.930. The molecule has 2 nitrogen and oxygen atoms in total. The van der Waals surface area contributed by atoms with Crippen LogP contribution in [0.15, 0.2) is 18.2 Å². The number of rotatable bonds is 3. The first-order valence-electron chi connectivity index (χ1n) is 8.34. The predicted molar refractivity (Wildman–Crippen MR) is 84.6 cm³/mol. The van der Waals surface area contributed by atoms with Crippen molar-refractivity contribution in [3.8, 4) is 0 Å². The van der Waals surface area contributed by atoms with Crippen LogP contribution >= 0.6 is 0 Å². The van der Waals surface area contributed by atoms with Gasteiger partial charge in [0, 0.05) is 12.6 Å². The minimum Gasteiger partial charge on any atom is -0.329 e. The van der Waals surface area contributed by atoms with E-state index in [0.717, 1.165) is 18.7 Å². The molecule has 2 aliphatic rings. The molecular formula is C18H27FN2. The van der Waals surface area contributed by atoms with Gasteiger partial charge < -0.3 is 5.73 Å². The van der Waals surface area contributed by atoms with Gasteiger partial charge in [-0.25, -0.2) is 4.39 Å². The number of nitrogens with two attached hydrogens (primary N) is 1. The molecule has 1 spiro atoms. The molecule has 3 heteroatoms. The van der Waals surface area contributed by atoms with Crippen LogP contribution in [0.25, 0.3) is 0 Å². The van der Waals surface area contributed by atoms with Crippen molar-refractivity contribution < 1.29 is 4.39 Å². The zero-order chi connectivity index (χ0) is 14.9. The minimum atomic E-state index is -0.127. The molecule has 1 atom stereocenters. The Morgan fingerprint density at radius 1 is 1.19 bits per heavy atom. The van der Waals surface area contributed by atoms with Crippen LogP contribution < -0.4 is 5.73 Å². The number of benzene rings is 1. The molecule has 2 N–H and O–H groups in total. The largest absolute Gasteiger partial charge is 0.329 e. The van der Waals surface area contributed by atoms with E-state index in [0.29, 0.717) is 12.0 Å². The van der Waals surface area contributed by atoms with Crippen molar-refractivity contribution in [1.29, 1.82) is 0 Å². The summed E-state index contributed by atoms with van der Waals surface area (Å²) in [4.78, 5) is 2.51. The molecule has 1 saturated carbocycles. The SMILES string of the molecule is Cc1cc(C(CN)N2CCC3(CCCC3)CC2)ccc1F. The summed E-state index contributed by atoms with van der Waals surface area (Å²) in [5, 5.41) is 0. The number of hydrogen-bond acceptors (Lipinski definition) is 2. The van der Waals surface area contributed by atoms with Gasteiger partial charge in [0.1, 0.15) is 5.82 Å². The lowest BCUT2D eigenvalue weighted by atomic mass is 9.76. The van der Waals surface area contributed by atoms with Crippen molar-refractivity contribution in [2.45, 2.75) is 51.5 Å². The fraction of sp³-hybridized carbons (Fsp3) is 0.667. The van der Waals surface area contributed by atoms with Crippen LogP contribution in [0.2, 0.25) is 0 Å². The van der Waals surface area contributed by atoms with Crippen molar-refractivity contribution >= 4 is 0 Å². The molecule has 1 saturated heterocycles. The van der Waals surface area contributed by atoms with Crippen LogP contribution in [0.5, 0.6) is 0 Å². The molecule has 3 rings (SSSR count). The topological polar surface area (TPSA) is 29.3 Å². The maximum Gasteiger partial charge on any atom is 0.126 e. The molecule has 0 bridgehead atoms. The van der Waals surface area contributed by atoms with Gasteiger partial charge in [0.2, 0.25) is 0 Å². The van der Waals surface area contributed by atoms with Gasteiger partial charge in [-0.15, -0.1) is 0 Å². The first kappa shape index (κ1) is 15.0. The van der Waals surface area contributed by atoms with Crippen molar-refractivity contribution in [3.63, 3.8) is 0 Å². The highest BCUT2D eigenvalue weighted by Crippen LogP contribution is 2.47. The Labute approximate surface area is 127 Å². The average molecular weight is 290 g/mol. The van der Waals surface area contributed by atoms with Crippen LogP contribution in [-0.4, -0.2) is 24.5 Å². The molecule has 21 heavy (non-hydrogen) atoms. The molecule has 1 aliphatic heterocycles. The molecule has 0 radical (unpaired) electrons. The van der Waals surface area contributed by atoms with E-state index >= 15 is 0 Å². The van der Waals surface area contributed by atoms with Crippen molar-refractivity contribution in [3.05, 3.63) is 35.1 Å². The van der Waals surface area contributed by atoms with Crippen LogP contribution in [0.3, 0.4) is 0 Å². The number of hydrogen-bond donors (Lipinski definition) is 1. The van der Waals surface area contributed by atoms with Gasteiger partial charge in [-0.1, -0.05) is 25.0 Å². The molecule has 2 fully saturated rings. The molecule has 1 aliphatic carbocycles. The van der Waals surface area contributed by atoms with Gasteiger partial charge in [-0.3, -0.25) is 4.90 Å². The lowest BCUT2D eigenvalue weighted by molar-refractivity contribution is 0.0780. The van der Waals surface area contributed by atoms with E-state index < -0.39 is 0 Å². The Morgan fingerprint density at radius 2 is 1.86 bits per heavy atom. The summed E-state index contributed by atoms with van der Waals surface area (Å²) in [6, 6.07) is 5.69. The first-order valence-corrected chi connectivity index (χ1v) is 8.34. The Kier molecular flexibility index (Phi) is 4.32. The van der Waals surface area contributed by atoms with E-state index in [9.17, 15) is 4.39 Å². The molecule has 1 aromatic rings. The Morgan fingerprint density at radius 3 is 2.43 bits per heavy atom. The number of aryl methyl sites for hydroxylation is 1. The lowest BCUT2D eigenvalue weighted by Gasteiger charge is -2.42. The van der Waals surface area contributed by atoms with Gasteiger partial charge in [0.25, 0.3) is 0 Å². The third kappa shape index (κ3) is 3.00. The van der Waals surface area contributed by atoms with Crippen LogP contribution in [0.4, 0.5) is 4.39 Å². The van der Waals surface area contributed by atoms with Crippen molar-refractivity contribution in [2.75, 3.05) is 19.6 Å². The van der Waals surface area contributed by atoms with Gasteiger partial charge in [-0.05, 0) is 68.3 Å². The molecule has 0 amide bonds. The number of nitrogens with zero attached hydrogens (tertiary/aromatic N) is 1. The molecular weight excluding hydrogens is 263 g/mol. The fourth-order valence-corrected chi connectivity index (χ4v) is 4.31. The van der Waals surface area contributed by atoms with Crippen LogP contribution in [-0.2, 0) is 0 Å². The molecule has 1 heterocycles. The first-order chi connectivity index (χ1) is 10.1. The van der Waals surface area contributed by atoms with Gasteiger partial charge in [-0.2, -0.15) is 0 Å². The summed E-state index contributed by atoms with van der Waals surface area (Å²) in [6.07, 6.45) is 8.29. The highest BCUT2D eigenvalue weighted by atomic mass is 19.1. The standard InChI is InChI=1S/C18H27FN2/c1-14-12-15(4-5-16(14)19)17(13-20)21-10-8-18(9-11-21)6-2-3-7-18/h4-5,12,17H,2-3,6-11,13,20H2,1H3. The smallest absolute Gasteiger partial charge is 0.126 e. The van der Waals surface area contributed by atoms with Crippen LogP contribution in [0, 0.1) is 18.2 Å². The normalized spacial score (nSPS) is 23.6. The number of likely N-dealkylation sites (tertiary alicyclic amines) is 1. The summed E-state index contributed by atoms with van der Waals surface area (Å²) >= 11 is 0. The minimum absolute atomic E-state index is 0.127. The fourth-order valence-electron chi connectivity index (χ4n) is 4.31. The zero-order valence-corrected chi connectivity index (χ0v) is 13.1. The van der Waals surface area contributed by atoms with E-state index in [1.165, 1.54) is 44.1 Å². The van der Waals surface area contributed by atoms with Gasteiger partial charge in [0.05, 0.1) is 0 Å². The van der Waals surface area contributed by atoms with Crippen LogP contribution in [0.1, 0.15) is 55.7 Å². The predicted octanol–water partition coefficient (Wildman–Crippen LogP) is 3.79. The second kappa shape index (κ2) is 6.05. The summed E-state index contributed by atoms with van der Waals surface area (Å²) in [5.74, 6) is -0.127. The summed E-state index contributed by atoms with van der Waals surface area (Å²) in [7, 11) is 0. The zero-order valence-electron chi connectivity index (χ0n) is 13.1. The molecule has 0 aromatic heterocycles. The van der Waals surface area contributed by atoms with E-state index in [1.54, 1.807) is 6.07 Å². The van der Waals surface area contributed by atoms with E-state index in [-0.39, 0.29) is 11.9 Å². The van der Waals surface area contributed by atoms with E-state index in [1.807, 2.05) is 19.1 Å². The Bertz CT molecular complexity index is 484. The summed E-state index contributed by atoms with van der Waals surface area (Å²) in [5.41, 5.74) is 8.55. The highest BCUT2D eigenvalue weighted by Gasteiger charge is 2.38. The second-order valence-electron chi connectivity index (χ2n) is 7.00. The quantitative estimate of drug-likeness (QED) is 0.917. The maximum absolute atomic E-state index is 13.5. The highest BCUT2D eigenvalue weighted by molar-refractivity contribution is 5.27. The summed E-state index contributed by atoms with van der Waals surface area (Å²) < 4.78 is 13.5. The van der Waals surface area contributed by atoms with E-state index in [2.05, 4.69) is 4.90 Å². The third-order valence-corrected chi connectivity index (χ3v) is 5.75. The average Bonchev–Trinajstić information content (AvgIpc) is 2.94. The lowest BCUT2D eigenvalue weighted by Crippen LogP contribution is -2.43. The third-order valence-electron chi connectivity index (χ3n) is 5.75. The van der Waals surface area contributed by atoms with E-state index in [4.69, 9.17) is 5.73 Å². The second-order valence-corrected chi connectivity index (χ2v) is 7.00. The molecule has 116 valence electrons. The van der Waals surface area contributed by atoms with Gasteiger partial charge >= 0.3 is 0 Å².